The predicted molar refractivity (Wildman–Crippen MR) is 203 cm³/mol. The molecule has 0 radical (unpaired) electrons. The monoisotopic (exact) mass is 796 g/mol. The van der Waals surface area contributed by atoms with Gasteiger partial charge in [0.15, 0.2) is 17.0 Å². The fourth-order valence-electron chi connectivity index (χ4n) is 7.44. The van der Waals surface area contributed by atoms with Crippen LogP contribution in [-0.4, -0.2) is 127 Å². The van der Waals surface area contributed by atoms with E-state index in [-0.39, 0.29) is 36.4 Å². The lowest BCUT2D eigenvalue weighted by molar-refractivity contribution is -0.192. The summed E-state index contributed by atoms with van der Waals surface area (Å²) in [6.07, 6.45) is -3.63. The molecule has 4 heterocycles. The van der Waals surface area contributed by atoms with Crippen molar-refractivity contribution in [3.63, 3.8) is 0 Å². The third-order valence-electron chi connectivity index (χ3n) is 10.5. The van der Waals surface area contributed by atoms with Gasteiger partial charge in [0.05, 0.1) is 18.4 Å². The molecule has 1 aliphatic carbocycles. The molecule has 2 aromatic carbocycles. The van der Waals surface area contributed by atoms with Gasteiger partial charge in [-0.1, -0.05) is 67.6 Å². The van der Waals surface area contributed by atoms with E-state index in [2.05, 4.69) is 45.1 Å². The Balaban J connectivity index is 0.000000719. The lowest BCUT2D eigenvalue weighted by Crippen LogP contribution is -2.45. The number of hydrogen-bond donors (Lipinski definition) is 7. The van der Waals surface area contributed by atoms with E-state index >= 15 is 0 Å². The summed E-state index contributed by atoms with van der Waals surface area (Å²) >= 11 is 0. The summed E-state index contributed by atoms with van der Waals surface area (Å²) in [5.74, 6) is -1.91. The number of nitrogens with one attached hydrogen (secondary N) is 3. The van der Waals surface area contributed by atoms with E-state index in [1.54, 1.807) is 22.7 Å². The number of anilines is 2. The van der Waals surface area contributed by atoms with Crippen LogP contribution in [0.15, 0.2) is 67.0 Å². The van der Waals surface area contributed by atoms with Crippen LogP contribution in [0.25, 0.3) is 11.2 Å². The number of urea groups is 1. The van der Waals surface area contributed by atoms with E-state index in [1.807, 2.05) is 36.4 Å². The molecule has 2 aliphatic heterocycles. The topological polar surface area (TPSA) is 224 Å². The highest BCUT2D eigenvalue weighted by atomic mass is 19.4. The first kappa shape index (κ1) is 41.1. The second-order valence-electron chi connectivity index (χ2n) is 14.4. The van der Waals surface area contributed by atoms with Gasteiger partial charge in [0.25, 0.3) is 0 Å². The first-order valence-corrected chi connectivity index (χ1v) is 18.8. The largest absolute Gasteiger partial charge is 0.490 e. The van der Waals surface area contributed by atoms with E-state index < -0.39 is 36.4 Å². The van der Waals surface area contributed by atoms with Crippen molar-refractivity contribution in [2.45, 2.75) is 81.1 Å². The molecule has 6 atom stereocenters. The van der Waals surface area contributed by atoms with Crippen LogP contribution in [0.1, 0.15) is 55.7 Å². The number of amides is 3. The number of aliphatic hydroxyl groups is 2. The predicted octanol–water partition coefficient (Wildman–Crippen LogP) is 2.59. The average Bonchev–Trinajstić information content (AvgIpc) is 4.00. The van der Waals surface area contributed by atoms with Gasteiger partial charge in [-0.25, -0.2) is 14.6 Å². The number of aliphatic hydroxyl groups excluding tert-OH is 2. The molecule has 4 aromatic rings. The van der Waals surface area contributed by atoms with E-state index in [0.29, 0.717) is 62.1 Å². The zero-order valence-electron chi connectivity index (χ0n) is 31.2. The Morgan fingerprint density at radius 2 is 1.58 bits per heavy atom. The van der Waals surface area contributed by atoms with Crippen LogP contribution in [0, 0.1) is 0 Å². The molecule has 2 aromatic heterocycles. The van der Waals surface area contributed by atoms with Crippen LogP contribution in [0.3, 0.4) is 0 Å². The maximum Gasteiger partial charge on any atom is 0.490 e. The van der Waals surface area contributed by atoms with Gasteiger partial charge < -0.3 is 51.4 Å². The number of imidazole rings is 1. The van der Waals surface area contributed by atoms with Gasteiger partial charge >= 0.3 is 18.2 Å². The Labute approximate surface area is 326 Å². The molecule has 3 aliphatic rings. The zero-order chi connectivity index (χ0) is 40.9. The molecule has 306 valence electrons. The molecule has 3 fully saturated rings. The van der Waals surface area contributed by atoms with Crippen molar-refractivity contribution in [1.82, 2.24) is 35.1 Å². The number of hydrogen-bond acceptors (Lipinski definition) is 11. The lowest BCUT2D eigenvalue weighted by atomic mass is 9.91. The van der Waals surface area contributed by atoms with Crippen LogP contribution in [-0.2, 0) is 9.59 Å². The highest BCUT2D eigenvalue weighted by Gasteiger charge is 2.44. The number of aliphatic carboxylic acids is 1. The first-order chi connectivity index (χ1) is 27.2. The molecule has 0 bridgehead atoms. The van der Waals surface area contributed by atoms with Crippen molar-refractivity contribution in [3.8, 4) is 0 Å². The minimum Gasteiger partial charge on any atom is -0.475 e. The van der Waals surface area contributed by atoms with Crippen molar-refractivity contribution in [2.75, 3.05) is 42.9 Å². The van der Waals surface area contributed by atoms with Crippen LogP contribution in [0.5, 0.6) is 0 Å². The molecular weight excluding hydrogens is 749 g/mol. The van der Waals surface area contributed by atoms with Crippen LogP contribution in [0.4, 0.5) is 29.7 Å². The molecule has 1 saturated carbocycles. The second-order valence-corrected chi connectivity index (χ2v) is 14.4. The summed E-state index contributed by atoms with van der Waals surface area (Å²) in [7, 11) is 0. The molecule has 2 saturated heterocycles. The van der Waals surface area contributed by atoms with Gasteiger partial charge in [0.2, 0.25) is 11.9 Å². The van der Waals surface area contributed by atoms with Crippen molar-refractivity contribution in [2.24, 2.45) is 5.73 Å². The fraction of sp³-hybridized carbons (Fsp3) is 0.474. The number of benzene rings is 2. The summed E-state index contributed by atoms with van der Waals surface area (Å²) in [6, 6.07) is 19.2. The summed E-state index contributed by atoms with van der Waals surface area (Å²) in [5, 5.41) is 38.8. The number of aromatic nitrogens is 4. The van der Waals surface area contributed by atoms with E-state index in [0.717, 1.165) is 24.0 Å². The maximum atomic E-state index is 12.9. The summed E-state index contributed by atoms with van der Waals surface area (Å²) in [6.45, 7) is 4.64. The number of rotatable bonds is 10. The lowest BCUT2D eigenvalue weighted by Gasteiger charge is -2.23. The molecule has 3 amide bonds. The molecule has 7 rings (SSSR count). The quantitative estimate of drug-likeness (QED) is 0.123. The second kappa shape index (κ2) is 17.7. The van der Waals surface area contributed by atoms with Gasteiger partial charge in [-0.05, 0) is 30.4 Å². The maximum absolute atomic E-state index is 12.9. The average molecular weight is 797 g/mol. The number of carboxylic acid groups (broad SMARTS) is 1. The minimum atomic E-state index is -5.08. The van der Waals surface area contributed by atoms with E-state index in [4.69, 9.17) is 30.6 Å². The van der Waals surface area contributed by atoms with Crippen molar-refractivity contribution in [3.05, 3.63) is 78.1 Å². The Morgan fingerprint density at radius 1 is 0.930 bits per heavy atom. The van der Waals surface area contributed by atoms with Gasteiger partial charge in [0.1, 0.15) is 12.2 Å². The molecule has 16 nitrogen and oxygen atoms in total. The number of carbonyl (C=O) groups excluding carboxylic acids is 2. The number of fused-ring (bicyclic) bond motifs is 1. The van der Waals surface area contributed by atoms with Crippen molar-refractivity contribution in [1.29, 1.82) is 0 Å². The summed E-state index contributed by atoms with van der Waals surface area (Å²) in [4.78, 5) is 52.6. The Kier molecular flexibility index (Phi) is 12.8. The van der Waals surface area contributed by atoms with Crippen molar-refractivity contribution >= 4 is 40.8 Å². The molecule has 57 heavy (non-hydrogen) atoms. The minimum absolute atomic E-state index is 0.0118. The molecule has 8 N–H and O–H groups in total. The van der Waals surface area contributed by atoms with Gasteiger partial charge in [-0.15, -0.1) is 0 Å². The van der Waals surface area contributed by atoms with E-state index in [1.165, 1.54) is 0 Å². The van der Waals surface area contributed by atoms with Gasteiger partial charge in [-0.3, -0.25) is 4.79 Å². The third kappa shape index (κ3) is 9.72. The Morgan fingerprint density at radius 3 is 2.16 bits per heavy atom. The molecule has 0 spiro atoms. The summed E-state index contributed by atoms with van der Waals surface area (Å²) in [5.41, 5.74) is 9.38. The Bertz CT molecular complexity index is 1970. The fourth-order valence-corrected chi connectivity index (χ4v) is 7.44. The highest BCUT2D eigenvalue weighted by molar-refractivity contribution is 5.85. The number of nitrogens with zero attached hydrogens (tertiary/aromatic N) is 6. The van der Waals surface area contributed by atoms with E-state index in [9.17, 15) is 33.0 Å². The number of likely N-dealkylation sites (tertiary alicyclic amines) is 1. The number of carboxylic acids is 1. The number of halogens is 3. The highest BCUT2D eigenvalue weighted by Crippen LogP contribution is 2.35. The van der Waals surface area contributed by atoms with Crippen LogP contribution >= 0.6 is 0 Å². The third-order valence-corrected chi connectivity index (χ3v) is 10.5. The number of alkyl halides is 3. The van der Waals surface area contributed by atoms with Gasteiger partial charge in [0, 0.05) is 57.1 Å². The molecule has 0 unspecified atom stereocenters. The summed E-state index contributed by atoms with van der Waals surface area (Å²) < 4.78 is 33.5. The smallest absolute Gasteiger partial charge is 0.475 e. The first-order valence-electron chi connectivity index (χ1n) is 18.8. The molecule has 19 heteroatoms. The van der Waals surface area contributed by atoms with Crippen LogP contribution < -0.4 is 26.6 Å². The zero-order valence-corrected chi connectivity index (χ0v) is 31.2. The SMILES string of the molecule is CCC(=O)N[C@H]1C[C@@H](n2cnc3c(NCC(c4ccccc4)c4ccccc4)nc(N4CC[C@@H](NC(=O)N5CC[C@H](N)C5)C4)nc32)[C@H](O)[C@@H]1O.O=C(O)C(F)(F)F. The number of carbonyl (C=O) groups is 3. The molecular formula is C38H47F3N10O6. The van der Waals surface area contributed by atoms with Crippen LogP contribution in [0.2, 0.25) is 0 Å². The number of nitrogens with two attached hydrogens (primary N) is 1. The normalized spacial score (nSPS) is 23.4. The standard InChI is InChI=1S/C36H46N10O4.C2HF3O2/c1-2-29(47)41-27-17-28(32(49)31(27)48)46-21-39-30-33(38-18-26(22-9-5-3-6-10-22)23-11-7-4-8-12-23)42-35(43-34(30)46)44-16-14-25(20-44)40-36(50)45-15-13-24(37)19-45;3-2(4,5)1(6)7/h3-12,21,24-28,31-32,48-49H,2,13-20,37H2,1H3,(H,40,50)(H,41,47)(H,38,42,43);(H,6,7)/t24-,25+,27-,28+,31+,32-;/m0./s1. The van der Waals surface area contributed by atoms with Gasteiger partial charge in [-0.2, -0.15) is 23.1 Å². The Hall–Kier alpha value is -5.53. The van der Waals surface area contributed by atoms with Crippen molar-refractivity contribution < 1.29 is 42.9 Å².